The minimum absolute atomic E-state index is 0.185. The summed E-state index contributed by atoms with van der Waals surface area (Å²) in [6, 6.07) is 0. The lowest BCUT2D eigenvalue weighted by Gasteiger charge is -1.87. The summed E-state index contributed by atoms with van der Waals surface area (Å²) in [4.78, 5) is 20.4. The first-order valence-corrected chi connectivity index (χ1v) is 2.54. The SMILES string of the molecule is C=CCC(=O)CC([NH])=O. The van der Waals surface area contributed by atoms with Crippen LogP contribution >= 0.6 is 0 Å². The third-order valence-corrected chi connectivity index (χ3v) is 0.730. The third-order valence-electron chi connectivity index (χ3n) is 0.730. The highest BCUT2D eigenvalue weighted by Crippen LogP contribution is 1.88. The molecule has 1 amide bonds. The molecule has 0 heterocycles. The lowest BCUT2D eigenvalue weighted by atomic mass is 10.2. The molecule has 0 aliphatic carbocycles. The van der Waals surface area contributed by atoms with E-state index in [9.17, 15) is 9.59 Å². The van der Waals surface area contributed by atoms with E-state index < -0.39 is 5.91 Å². The third kappa shape index (κ3) is 4.74. The van der Waals surface area contributed by atoms with Gasteiger partial charge in [-0.15, -0.1) is 6.58 Å². The maximum Gasteiger partial charge on any atom is 0.245 e. The summed E-state index contributed by atoms with van der Waals surface area (Å²) >= 11 is 0. The zero-order chi connectivity index (χ0) is 7.28. The summed E-state index contributed by atoms with van der Waals surface area (Å²) in [7, 11) is 0. The molecule has 1 radical (unpaired) electrons. The van der Waals surface area contributed by atoms with Crippen molar-refractivity contribution >= 4 is 11.7 Å². The molecule has 0 atom stereocenters. The molecule has 0 aliphatic heterocycles. The van der Waals surface area contributed by atoms with E-state index in [2.05, 4.69) is 6.58 Å². The number of carbonyl (C=O) groups is 2. The Kier molecular flexibility index (Phi) is 3.35. The number of hydrogen-bond donors (Lipinski definition) is 0. The van der Waals surface area contributed by atoms with Crippen LogP contribution in [-0.4, -0.2) is 11.7 Å². The van der Waals surface area contributed by atoms with Crippen LogP contribution in [0.2, 0.25) is 0 Å². The first kappa shape index (κ1) is 7.88. The van der Waals surface area contributed by atoms with Gasteiger partial charge in [-0.05, 0) is 0 Å². The Morgan fingerprint density at radius 1 is 1.56 bits per heavy atom. The second-order valence-electron chi connectivity index (χ2n) is 1.63. The molecule has 0 aromatic carbocycles. The van der Waals surface area contributed by atoms with Gasteiger partial charge in [0.1, 0.15) is 5.78 Å². The van der Waals surface area contributed by atoms with Crippen molar-refractivity contribution in [3.63, 3.8) is 0 Å². The van der Waals surface area contributed by atoms with Crippen LogP contribution in [0.15, 0.2) is 12.7 Å². The maximum absolute atomic E-state index is 10.4. The van der Waals surface area contributed by atoms with Crippen molar-refractivity contribution < 1.29 is 9.59 Å². The molecule has 3 heteroatoms. The smallest absolute Gasteiger partial charge is 0.245 e. The summed E-state index contributed by atoms with van der Waals surface area (Å²) in [6.07, 6.45) is 1.32. The quantitative estimate of drug-likeness (QED) is 0.402. The minimum Gasteiger partial charge on any atom is -0.299 e. The molecular formula is C6H8NO2. The molecule has 0 saturated heterocycles. The van der Waals surface area contributed by atoms with Gasteiger partial charge in [-0.1, -0.05) is 6.08 Å². The van der Waals surface area contributed by atoms with Crippen LogP contribution in [0, 0.1) is 0 Å². The molecular weight excluding hydrogens is 118 g/mol. The molecule has 3 nitrogen and oxygen atoms in total. The molecule has 0 aromatic rings. The second-order valence-corrected chi connectivity index (χ2v) is 1.63. The average Bonchev–Trinajstić information content (AvgIpc) is 1.63. The van der Waals surface area contributed by atoms with Gasteiger partial charge in [-0.25, -0.2) is 0 Å². The van der Waals surface area contributed by atoms with E-state index in [4.69, 9.17) is 5.73 Å². The molecule has 0 bridgehead atoms. The van der Waals surface area contributed by atoms with Gasteiger partial charge in [-0.3, -0.25) is 15.3 Å². The van der Waals surface area contributed by atoms with Crippen molar-refractivity contribution in [3.8, 4) is 0 Å². The number of ketones is 1. The molecule has 49 valence electrons. The summed E-state index contributed by atoms with van der Waals surface area (Å²) in [6.45, 7) is 3.31. The summed E-state index contributed by atoms with van der Waals surface area (Å²) in [5.74, 6) is -1.08. The number of nitrogens with one attached hydrogen (secondary N) is 1. The first-order valence-electron chi connectivity index (χ1n) is 2.54. The van der Waals surface area contributed by atoms with Gasteiger partial charge in [0.25, 0.3) is 0 Å². The molecule has 9 heavy (non-hydrogen) atoms. The van der Waals surface area contributed by atoms with E-state index in [1.54, 1.807) is 0 Å². The summed E-state index contributed by atoms with van der Waals surface area (Å²) in [5.41, 5.74) is 6.39. The number of Topliss-reactive ketones (excluding diaryl/α,β-unsaturated/α-hetero) is 1. The van der Waals surface area contributed by atoms with E-state index >= 15 is 0 Å². The highest BCUT2D eigenvalue weighted by atomic mass is 16.2. The molecule has 0 unspecified atom stereocenters. The molecule has 0 spiro atoms. The van der Waals surface area contributed by atoms with Crippen LogP contribution < -0.4 is 5.73 Å². The predicted octanol–water partition coefficient (Wildman–Crippen LogP) is 0.331. The standard InChI is InChI=1S/C6H8NO2/c1-2-3-5(8)4-6(7)9/h2,7H,1,3-4H2. The van der Waals surface area contributed by atoms with Crippen molar-refractivity contribution in [2.45, 2.75) is 12.8 Å². The van der Waals surface area contributed by atoms with E-state index in [1.807, 2.05) is 0 Å². The number of hydrogen-bond acceptors (Lipinski definition) is 2. The Morgan fingerprint density at radius 3 is 2.44 bits per heavy atom. The van der Waals surface area contributed by atoms with Gasteiger partial charge in [-0.2, -0.15) is 0 Å². The Morgan fingerprint density at radius 2 is 2.11 bits per heavy atom. The number of rotatable bonds is 4. The largest absolute Gasteiger partial charge is 0.299 e. The monoisotopic (exact) mass is 126 g/mol. The zero-order valence-electron chi connectivity index (χ0n) is 5.02. The van der Waals surface area contributed by atoms with E-state index in [0.717, 1.165) is 0 Å². The van der Waals surface area contributed by atoms with Crippen LogP contribution in [0.1, 0.15) is 12.8 Å². The van der Waals surface area contributed by atoms with E-state index in [-0.39, 0.29) is 18.6 Å². The fourth-order valence-electron chi connectivity index (χ4n) is 0.412. The fourth-order valence-corrected chi connectivity index (χ4v) is 0.412. The molecule has 0 aromatic heterocycles. The average molecular weight is 126 g/mol. The van der Waals surface area contributed by atoms with Crippen molar-refractivity contribution in [2.75, 3.05) is 0 Å². The molecule has 0 aliphatic rings. The van der Waals surface area contributed by atoms with Crippen molar-refractivity contribution in [3.05, 3.63) is 12.7 Å². The Balaban J connectivity index is 3.50. The van der Waals surface area contributed by atoms with Crippen molar-refractivity contribution in [1.29, 1.82) is 0 Å². The van der Waals surface area contributed by atoms with Crippen LogP contribution in [0.5, 0.6) is 0 Å². The van der Waals surface area contributed by atoms with Gasteiger partial charge < -0.3 is 0 Å². The normalized spacial score (nSPS) is 8.44. The van der Waals surface area contributed by atoms with Gasteiger partial charge in [0, 0.05) is 6.42 Å². The van der Waals surface area contributed by atoms with E-state index in [1.165, 1.54) is 6.08 Å². The minimum atomic E-state index is -0.832. The topological polar surface area (TPSA) is 57.9 Å². The van der Waals surface area contributed by atoms with Gasteiger partial charge in [0.2, 0.25) is 5.91 Å². The van der Waals surface area contributed by atoms with Gasteiger partial charge in [0.05, 0.1) is 6.42 Å². The highest BCUT2D eigenvalue weighted by molar-refractivity contribution is 5.97. The molecule has 1 N–H and O–H groups in total. The molecule has 0 saturated carbocycles. The van der Waals surface area contributed by atoms with Gasteiger partial charge in [0.15, 0.2) is 0 Å². The van der Waals surface area contributed by atoms with Crippen LogP contribution in [0.3, 0.4) is 0 Å². The van der Waals surface area contributed by atoms with Crippen LogP contribution in [0.4, 0.5) is 0 Å². The zero-order valence-corrected chi connectivity index (χ0v) is 5.02. The van der Waals surface area contributed by atoms with Gasteiger partial charge >= 0.3 is 0 Å². The Hall–Kier alpha value is -1.12. The predicted molar refractivity (Wildman–Crippen MR) is 32.5 cm³/mol. The summed E-state index contributed by atoms with van der Waals surface area (Å²) in [5, 5.41) is 0. The van der Waals surface area contributed by atoms with Crippen LogP contribution in [-0.2, 0) is 9.59 Å². The highest BCUT2D eigenvalue weighted by Gasteiger charge is 2.02. The Bertz CT molecular complexity index is 140. The molecule has 0 fully saturated rings. The Labute approximate surface area is 53.5 Å². The van der Waals surface area contributed by atoms with E-state index in [0.29, 0.717) is 0 Å². The molecule has 0 rings (SSSR count). The lowest BCUT2D eigenvalue weighted by Crippen LogP contribution is -2.06. The number of amides is 1. The summed E-state index contributed by atoms with van der Waals surface area (Å²) < 4.78 is 0. The fraction of sp³-hybridized carbons (Fsp3) is 0.333. The van der Waals surface area contributed by atoms with Crippen molar-refractivity contribution in [2.24, 2.45) is 0 Å². The number of allylic oxidation sites excluding steroid dienone is 1. The second kappa shape index (κ2) is 3.83. The lowest BCUT2D eigenvalue weighted by molar-refractivity contribution is -0.126. The van der Waals surface area contributed by atoms with Crippen LogP contribution in [0.25, 0.3) is 0 Å². The first-order chi connectivity index (χ1) is 4.16. The maximum atomic E-state index is 10.4. The van der Waals surface area contributed by atoms with Crippen molar-refractivity contribution in [1.82, 2.24) is 5.73 Å². The number of carbonyl (C=O) groups excluding carboxylic acids is 2.